The van der Waals surface area contributed by atoms with Gasteiger partial charge < -0.3 is 10.3 Å². The third-order valence-corrected chi connectivity index (χ3v) is 4.95. The summed E-state index contributed by atoms with van der Waals surface area (Å²) in [5, 5.41) is 0. The van der Waals surface area contributed by atoms with Crippen molar-refractivity contribution >= 4 is 20.9 Å². The standard InChI is InChI=1S/C11H13N3O2S/c12-8-5-17(15,16)6-11(8)14-7-13-9-3-1-2-4-10(9)14/h1-4,7-8,11H,5-6,12H2. The molecule has 2 aromatic rings. The maximum Gasteiger partial charge on any atom is 0.154 e. The lowest BCUT2D eigenvalue weighted by Gasteiger charge is -2.16. The molecule has 1 aromatic heterocycles. The van der Waals surface area contributed by atoms with Crippen LogP contribution >= 0.6 is 0 Å². The normalized spacial score (nSPS) is 27.6. The number of imidazole rings is 1. The van der Waals surface area contributed by atoms with Crippen LogP contribution in [0.3, 0.4) is 0 Å². The van der Waals surface area contributed by atoms with E-state index in [4.69, 9.17) is 5.73 Å². The highest BCUT2D eigenvalue weighted by Crippen LogP contribution is 2.26. The number of benzene rings is 1. The molecule has 0 amide bonds. The number of hydrogen-bond donors (Lipinski definition) is 1. The summed E-state index contributed by atoms with van der Waals surface area (Å²) in [4.78, 5) is 4.26. The van der Waals surface area contributed by atoms with Crippen molar-refractivity contribution in [3.63, 3.8) is 0 Å². The molecule has 1 fully saturated rings. The van der Waals surface area contributed by atoms with Crippen LogP contribution in [0, 0.1) is 0 Å². The van der Waals surface area contributed by atoms with E-state index in [1.165, 1.54) is 0 Å². The molecule has 1 aromatic carbocycles. The van der Waals surface area contributed by atoms with E-state index in [1.54, 1.807) is 6.33 Å². The Balaban J connectivity index is 2.11. The molecule has 0 aliphatic carbocycles. The summed E-state index contributed by atoms with van der Waals surface area (Å²) >= 11 is 0. The van der Waals surface area contributed by atoms with Gasteiger partial charge in [0.1, 0.15) is 0 Å². The van der Waals surface area contributed by atoms with Crippen molar-refractivity contribution in [1.29, 1.82) is 0 Å². The highest BCUT2D eigenvalue weighted by Gasteiger charge is 2.36. The van der Waals surface area contributed by atoms with E-state index in [9.17, 15) is 8.42 Å². The molecule has 17 heavy (non-hydrogen) atoms. The lowest BCUT2D eigenvalue weighted by atomic mass is 10.2. The van der Waals surface area contributed by atoms with E-state index in [-0.39, 0.29) is 23.6 Å². The predicted molar refractivity (Wildman–Crippen MR) is 65.4 cm³/mol. The van der Waals surface area contributed by atoms with Gasteiger partial charge >= 0.3 is 0 Å². The highest BCUT2D eigenvalue weighted by molar-refractivity contribution is 7.91. The summed E-state index contributed by atoms with van der Waals surface area (Å²) in [6.45, 7) is 0. The van der Waals surface area contributed by atoms with Crippen molar-refractivity contribution in [2.75, 3.05) is 11.5 Å². The quantitative estimate of drug-likeness (QED) is 0.792. The fourth-order valence-electron chi connectivity index (χ4n) is 2.39. The minimum Gasteiger partial charge on any atom is -0.325 e. The summed E-state index contributed by atoms with van der Waals surface area (Å²) in [6.07, 6.45) is 1.68. The Bertz CT molecular complexity index is 662. The van der Waals surface area contributed by atoms with Crippen LogP contribution in [0.25, 0.3) is 11.0 Å². The third-order valence-electron chi connectivity index (χ3n) is 3.20. The van der Waals surface area contributed by atoms with Gasteiger partial charge in [-0.2, -0.15) is 0 Å². The molecule has 2 atom stereocenters. The molecule has 1 saturated heterocycles. The molecule has 0 bridgehead atoms. The van der Waals surface area contributed by atoms with Crippen molar-refractivity contribution in [3.8, 4) is 0 Å². The summed E-state index contributed by atoms with van der Waals surface area (Å²) < 4.78 is 25.0. The first kappa shape index (κ1) is 10.7. The number of aromatic nitrogens is 2. The van der Waals surface area contributed by atoms with Crippen LogP contribution in [0.1, 0.15) is 6.04 Å². The third kappa shape index (κ3) is 1.73. The first-order valence-electron chi connectivity index (χ1n) is 5.44. The molecular weight excluding hydrogens is 238 g/mol. The summed E-state index contributed by atoms with van der Waals surface area (Å²) in [5.41, 5.74) is 7.71. The van der Waals surface area contributed by atoms with Gasteiger partial charge in [0.2, 0.25) is 0 Å². The number of sulfone groups is 1. The minimum atomic E-state index is -3.01. The van der Waals surface area contributed by atoms with Gasteiger partial charge in [0, 0.05) is 6.04 Å². The minimum absolute atomic E-state index is 0.0597. The van der Waals surface area contributed by atoms with Gasteiger partial charge in [0.15, 0.2) is 9.84 Å². The molecule has 2 unspecified atom stereocenters. The Kier molecular flexibility index (Phi) is 2.24. The van der Waals surface area contributed by atoms with Gasteiger partial charge in [0.05, 0.1) is 34.9 Å². The average Bonchev–Trinajstić information content (AvgIpc) is 2.79. The zero-order valence-electron chi connectivity index (χ0n) is 9.15. The van der Waals surface area contributed by atoms with E-state index in [0.717, 1.165) is 11.0 Å². The largest absolute Gasteiger partial charge is 0.325 e. The number of nitrogens with two attached hydrogens (primary N) is 1. The molecule has 1 aliphatic rings. The topological polar surface area (TPSA) is 78.0 Å². The molecule has 0 spiro atoms. The molecular formula is C11H13N3O2S. The number of para-hydroxylation sites is 2. The molecule has 3 rings (SSSR count). The molecule has 2 N–H and O–H groups in total. The van der Waals surface area contributed by atoms with Crippen molar-refractivity contribution < 1.29 is 8.42 Å². The maximum absolute atomic E-state index is 11.6. The van der Waals surface area contributed by atoms with Crippen LogP contribution in [-0.4, -0.2) is 35.5 Å². The van der Waals surface area contributed by atoms with Crippen molar-refractivity contribution in [2.45, 2.75) is 12.1 Å². The lowest BCUT2D eigenvalue weighted by molar-refractivity contribution is 0.505. The number of nitrogens with zero attached hydrogens (tertiary/aromatic N) is 2. The van der Waals surface area contributed by atoms with E-state index < -0.39 is 9.84 Å². The SMILES string of the molecule is NC1CS(=O)(=O)CC1n1cnc2ccccc21. The Hall–Kier alpha value is -1.40. The van der Waals surface area contributed by atoms with Gasteiger partial charge in [-0.1, -0.05) is 12.1 Å². The van der Waals surface area contributed by atoms with Crippen LogP contribution in [-0.2, 0) is 9.84 Å². The van der Waals surface area contributed by atoms with E-state index in [0.29, 0.717) is 0 Å². The monoisotopic (exact) mass is 251 g/mol. The van der Waals surface area contributed by atoms with Gasteiger partial charge in [0.25, 0.3) is 0 Å². The van der Waals surface area contributed by atoms with Crippen LogP contribution in [0.15, 0.2) is 30.6 Å². The number of hydrogen-bond acceptors (Lipinski definition) is 4. The van der Waals surface area contributed by atoms with Crippen molar-refractivity contribution in [1.82, 2.24) is 9.55 Å². The summed E-state index contributed by atoms with van der Waals surface area (Å²) in [6, 6.07) is 7.10. The maximum atomic E-state index is 11.6. The molecule has 90 valence electrons. The smallest absolute Gasteiger partial charge is 0.154 e. The van der Waals surface area contributed by atoms with Crippen molar-refractivity contribution in [3.05, 3.63) is 30.6 Å². The van der Waals surface area contributed by atoms with E-state index in [1.807, 2.05) is 28.8 Å². The van der Waals surface area contributed by atoms with E-state index in [2.05, 4.69) is 4.98 Å². The second-order valence-electron chi connectivity index (χ2n) is 4.45. The lowest BCUT2D eigenvalue weighted by Crippen LogP contribution is -2.30. The molecule has 6 heteroatoms. The van der Waals surface area contributed by atoms with Crippen LogP contribution in [0.5, 0.6) is 0 Å². The average molecular weight is 251 g/mol. The Morgan fingerprint density at radius 1 is 1.29 bits per heavy atom. The summed E-state index contributed by atoms with van der Waals surface area (Å²) in [7, 11) is -3.01. The molecule has 0 radical (unpaired) electrons. The Labute approximate surface area is 99.2 Å². The zero-order valence-corrected chi connectivity index (χ0v) is 9.97. The fourth-order valence-corrected chi connectivity index (χ4v) is 4.26. The first-order valence-corrected chi connectivity index (χ1v) is 7.26. The van der Waals surface area contributed by atoms with E-state index >= 15 is 0 Å². The predicted octanol–water partition coefficient (Wildman–Crippen LogP) is 0.333. The van der Waals surface area contributed by atoms with Crippen LogP contribution < -0.4 is 5.73 Å². The number of fused-ring (bicyclic) bond motifs is 1. The molecule has 5 nitrogen and oxygen atoms in total. The highest BCUT2D eigenvalue weighted by atomic mass is 32.2. The second kappa shape index (κ2) is 3.54. The van der Waals surface area contributed by atoms with Gasteiger partial charge in [-0.25, -0.2) is 13.4 Å². The van der Waals surface area contributed by atoms with Crippen molar-refractivity contribution in [2.24, 2.45) is 5.73 Å². The Morgan fingerprint density at radius 3 is 2.76 bits per heavy atom. The first-order chi connectivity index (χ1) is 8.07. The molecule has 1 aliphatic heterocycles. The van der Waals surface area contributed by atoms with Crippen LogP contribution in [0.4, 0.5) is 0 Å². The van der Waals surface area contributed by atoms with Gasteiger partial charge in [-0.3, -0.25) is 0 Å². The fraction of sp³-hybridized carbons (Fsp3) is 0.364. The molecule has 0 saturated carbocycles. The summed E-state index contributed by atoms with van der Waals surface area (Å²) in [5.74, 6) is 0.165. The van der Waals surface area contributed by atoms with Gasteiger partial charge in [-0.15, -0.1) is 0 Å². The Morgan fingerprint density at radius 2 is 2.06 bits per heavy atom. The van der Waals surface area contributed by atoms with Crippen LogP contribution in [0.2, 0.25) is 0 Å². The molecule has 2 heterocycles. The number of rotatable bonds is 1. The van der Waals surface area contributed by atoms with Gasteiger partial charge in [-0.05, 0) is 12.1 Å². The second-order valence-corrected chi connectivity index (χ2v) is 6.60. The zero-order chi connectivity index (χ0) is 12.0.